The van der Waals surface area contributed by atoms with Gasteiger partial charge in [0.15, 0.2) is 0 Å². The largest absolute Gasteiger partial charge is 0.394 e. The van der Waals surface area contributed by atoms with E-state index in [1.165, 1.54) is 0 Å². The van der Waals surface area contributed by atoms with Gasteiger partial charge in [-0.25, -0.2) is 0 Å². The molecule has 3 heteroatoms. The van der Waals surface area contributed by atoms with Crippen molar-refractivity contribution in [3.63, 3.8) is 0 Å². The minimum Gasteiger partial charge on any atom is -0.394 e. The Balaban J connectivity index is 2.39. The molecule has 0 aliphatic heterocycles. The molecule has 1 rings (SSSR count). The predicted octanol–water partition coefficient (Wildman–Crippen LogP) is 2.03. The van der Waals surface area contributed by atoms with Crippen molar-refractivity contribution in [2.24, 2.45) is 0 Å². The molecule has 1 amide bonds. The van der Waals surface area contributed by atoms with Gasteiger partial charge in [-0.1, -0.05) is 30.3 Å². The maximum atomic E-state index is 11.7. The van der Waals surface area contributed by atoms with Crippen LogP contribution in [-0.4, -0.2) is 17.6 Å². The van der Waals surface area contributed by atoms with Crippen LogP contribution in [0.2, 0.25) is 0 Å². The van der Waals surface area contributed by atoms with E-state index in [9.17, 15) is 9.90 Å². The standard InChI is InChI=1S/C15H19NO2/c1-2-3-4-8-11-15(18)16-14(12-17)13-9-6-5-7-10-13/h1,5-7,9-10,14,17H,3-4,8,11-12H2,(H,16,18)/t14-/m1/s1. The summed E-state index contributed by atoms with van der Waals surface area (Å²) in [5, 5.41) is 12.1. The number of hydrogen-bond acceptors (Lipinski definition) is 2. The molecule has 0 aliphatic carbocycles. The zero-order valence-electron chi connectivity index (χ0n) is 10.4. The molecule has 0 aliphatic rings. The van der Waals surface area contributed by atoms with Crippen LogP contribution in [0.1, 0.15) is 37.3 Å². The van der Waals surface area contributed by atoms with Gasteiger partial charge in [0, 0.05) is 12.8 Å². The Morgan fingerprint density at radius 3 is 2.67 bits per heavy atom. The highest BCUT2D eigenvalue weighted by Gasteiger charge is 2.12. The Morgan fingerprint density at radius 1 is 1.33 bits per heavy atom. The number of carbonyl (C=O) groups is 1. The Labute approximate surface area is 108 Å². The molecule has 0 saturated carbocycles. The van der Waals surface area contributed by atoms with E-state index < -0.39 is 0 Å². The number of aliphatic hydroxyl groups is 1. The van der Waals surface area contributed by atoms with Crippen molar-refractivity contribution in [1.29, 1.82) is 0 Å². The van der Waals surface area contributed by atoms with Crippen LogP contribution >= 0.6 is 0 Å². The van der Waals surface area contributed by atoms with Gasteiger partial charge in [-0.15, -0.1) is 12.3 Å². The first-order chi connectivity index (χ1) is 8.77. The summed E-state index contributed by atoms with van der Waals surface area (Å²) in [4.78, 5) is 11.7. The molecule has 0 spiro atoms. The van der Waals surface area contributed by atoms with E-state index in [0.717, 1.165) is 18.4 Å². The van der Waals surface area contributed by atoms with Crippen LogP contribution in [0.5, 0.6) is 0 Å². The summed E-state index contributed by atoms with van der Waals surface area (Å²) in [5.74, 6) is 2.50. The van der Waals surface area contributed by atoms with Crippen molar-refractivity contribution in [2.45, 2.75) is 31.7 Å². The number of unbranched alkanes of at least 4 members (excludes halogenated alkanes) is 2. The number of nitrogens with one attached hydrogen (secondary N) is 1. The fraction of sp³-hybridized carbons (Fsp3) is 0.400. The molecule has 0 bridgehead atoms. The highest BCUT2D eigenvalue weighted by molar-refractivity contribution is 5.76. The number of hydrogen-bond donors (Lipinski definition) is 2. The number of amides is 1. The van der Waals surface area contributed by atoms with Gasteiger partial charge in [-0.3, -0.25) is 4.79 Å². The highest BCUT2D eigenvalue weighted by Crippen LogP contribution is 2.12. The monoisotopic (exact) mass is 245 g/mol. The molecular weight excluding hydrogens is 226 g/mol. The Morgan fingerprint density at radius 2 is 2.06 bits per heavy atom. The number of aliphatic hydroxyl groups excluding tert-OH is 1. The summed E-state index contributed by atoms with van der Waals surface area (Å²) in [6, 6.07) is 9.12. The summed E-state index contributed by atoms with van der Waals surface area (Å²) in [6.45, 7) is -0.0971. The number of terminal acetylenes is 1. The van der Waals surface area contributed by atoms with E-state index in [4.69, 9.17) is 6.42 Å². The van der Waals surface area contributed by atoms with E-state index in [0.29, 0.717) is 12.8 Å². The fourth-order valence-electron chi connectivity index (χ4n) is 1.70. The van der Waals surface area contributed by atoms with E-state index in [2.05, 4.69) is 11.2 Å². The SMILES string of the molecule is C#CCCCCC(=O)N[C@H](CO)c1ccccc1. The van der Waals surface area contributed by atoms with Crippen molar-refractivity contribution < 1.29 is 9.90 Å². The second-order valence-electron chi connectivity index (χ2n) is 4.12. The molecule has 1 atom stereocenters. The zero-order valence-corrected chi connectivity index (χ0v) is 10.4. The van der Waals surface area contributed by atoms with Gasteiger partial charge in [0.25, 0.3) is 0 Å². The summed E-state index contributed by atoms with van der Waals surface area (Å²) in [5.41, 5.74) is 0.914. The fourth-order valence-corrected chi connectivity index (χ4v) is 1.70. The van der Waals surface area contributed by atoms with Crippen molar-refractivity contribution >= 4 is 5.91 Å². The first kappa shape index (κ1) is 14.3. The topological polar surface area (TPSA) is 49.3 Å². The molecule has 1 aromatic rings. The van der Waals surface area contributed by atoms with Crippen LogP contribution in [0.25, 0.3) is 0 Å². The van der Waals surface area contributed by atoms with E-state index >= 15 is 0 Å². The average Bonchev–Trinajstić information content (AvgIpc) is 2.42. The van der Waals surface area contributed by atoms with Crippen LogP contribution < -0.4 is 5.32 Å². The van der Waals surface area contributed by atoms with Crippen LogP contribution in [0.15, 0.2) is 30.3 Å². The first-order valence-corrected chi connectivity index (χ1v) is 6.16. The summed E-state index contributed by atoms with van der Waals surface area (Å²) < 4.78 is 0. The van der Waals surface area contributed by atoms with Crippen LogP contribution in [-0.2, 0) is 4.79 Å². The zero-order chi connectivity index (χ0) is 13.2. The number of benzene rings is 1. The summed E-state index contributed by atoms with van der Waals surface area (Å²) in [6.07, 6.45) is 7.93. The molecule has 0 saturated heterocycles. The smallest absolute Gasteiger partial charge is 0.220 e. The molecule has 18 heavy (non-hydrogen) atoms. The lowest BCUT2D eigenvalue weighted by Gasteiger charge is -2.16. The number of carbonyl (C=O) groups excluding carboxylic acids is 1. The lowest BCUT2D eigenvalue weighted by molar-refractivity contribution is -0.122. The minimum atomic E-state index is -0.327. The van der Waals surface area contributed by atoms with Crippen molar-refractivity contribution in [3.05, 3.63) is 35.9 Å². The molecule has 1 aromatic carbocycles. The molecule has 0 unspecified atom stereocenters. The molecule has 96 valence electrons. The third-order valence-electron chi connectivity index (χ3n) is 2.69. The second-order valence-corrected chi connectivity index (χ2v) is 4.12. The van der Waals surface area contributed by atoms with Gasteiger partial charge in [-0.05, 0) is 18.4 Å². The van der Waals surface area contributed by atoms with Gasteiger partial charge < -0.3 is 10.4 Å². The normalized spacial score (nSPS) is 11.6. The third kappa shape index (κ3) is 5.03. The van der Waals surface area contributed by atoms with Gasteiger partial charge in [-0.2, -0.15) is 0 Å². The molecular formula is C15H19NO2. The Kier molecular flexibility index (Phi) is 6.60. The van der Waals surface area contributed by atoms with E-state index in [1.54, 1.807) is 0 Å². The van der Waals surface area contributed by atoms with Crippen molar-refractivity contribution in [1.82, 2.24) is 5.32 Å². The Bertz CT molecular complexity index is 395. The molecule has 3 nitrogen and oxygen atoms in total. The maximum Gasteiger partial charge on any atom is 0.220 e. The van der Waals surface area contributed by atoms with Crippen LogP contribution in [0.3, 0.4) is 0 Å². The van der Waals surface area contributed by atoms with Crippen LogP contribution in [0, 0.1) is 12.3 Å². The molecule has 2 N–H and O–H groups in total. The second kappa shape index (κ2) is 8.32. The highest BCUT2D eigenvalue weighted by atomic mass is 16.3. The third-order valence-corrected chi connectivity index (χ3v) is 2.69. The van der Waals surface area contributed by atoms with Gasteiger partial charge in [0.2, 0.25) is 5.91 Å². The van der Waals surface area contributed by atoms with E-state index in [1.807, 2.05) is 30.3 Å². The van der Waals surface area contributed by atoms with Gasteiger partial charge in [0.05, 0.1) is 12.6 Å². The van der Waals surface area contributed by atoms with E-state index in [-0.39, 0.29) is 18.6 Å². The lowest BCUT2D eigenvalue weighted by Crippen LogP contribution is -2.30. The van der Waals surface area contributed by atoms with Crippen LogP contribution in [0.4, 0.5) is 0 Å². The minimum absolute atomic E-state index is 0.0464. The molecule has 0 aromatic heterocycles. The predicted molar refractivity (Wildman–Crippen MR) is 71.7 cm³/mol. The molecule has 0 radical (unpaired) electrons. The summed E-state index contributed by atoms with van der Waals surface area (Å²) >= 11 is 0. The number of rotatable bonds is 7. The van der Waals surface area contributed by atoms with Gasteiger partial charge in [0.1, 0.15) is 0 Å². The van der Waals surface area contributed by atoms with Crippen molar-refractivity contribution in [3.8, 4) is 12.3 Å². The quantitative estimate of drug-likeness (QED) is 0.570. The first-order valence-electron chi connectivity index (χ1n) is 6.16. The molecule has 0 heterocycles. The average molecular weight is 245 g/mol. The summed E-state index contributed by atoms with van der Waals surface area (Å²) in [7, 11) is 0. The van der Waals surface area contributed by atoms with Gasteiger partial charge >= 0.3 is 0 Å². The van der Waals surface area contributed by atoms with Crippen molar-refractivity contribution in [2.75, 3.05) is 6.61 Å². The lowest BCUT2D eigenvalue weighted by atomic mass is 10.1. The maximum absolute atomic E-state index is 11.7. The molecule has 0 fully saturated rings. The Hall–Kier alpha value is -1.79.